The van der Waals surface area contributed by atoms with E-state index >= 15 is 0 Å². The average Bonchev–Trinajstić information content (AvgIpc) is 3.15. The van der Waals surface area contributed by atoms with E-state index in [2.05, 4.69) is 10.0 Å². The van der Waals surface area contributed by atoms with Crippen molar-refractivity contribution in [2.24, 2.45) is 5.92 Å². The van der Waals surface area contributed by atoms with E-state index in [9.17, 15) is 13.5 Å². The fourth-order valence-electron chi connectivity index (χ4n) is 4.87. The minimum atomic E-state index is -3.63. The molecule has 0 radical (unpaired) electrons. The number of rotatable bonds is 7. The standard InChI is InChI=1S/C24H35N3O3S2/c1-16-8-9-19(14-22(16)32(29,30)27-20-10-12-21(28)13-11-20)23-17(2)26-24(31-23)25-15-18-6-4-3-5-7-18/h8-9,14,18,20-21,27-28H,3-7,10-13,15H2,1-2H3,(H,25,26)/t20-,21+. The number of benzene rings is 1. The van der Waals surface area contributed by atoms with Gasteiger partial charge in [0.05, 0.1) is 21.6 Å². The number of aryl methyl sites for hydroxylation is 2. The molecule has 0 atom stereocenters. The molecule has 32 heavy (non-hydrogen) atoms. The van der Waals surface area contributed by atoms with Crippen molar-refractivity contribution in [1.82, 2.24) is 9.71 Å². The van der Waals surface area contributed by atoms with Crippen LogP contribution in [0.25, 0.3) is 10.4 Å². The van der Waals surface area contributed by atoms with Crippen molar-refractivity contribution in [2.45, 2.75) is 88.7 Å². The van der Waals surface area contributed by atoms with Crippen LogP contribution in [0.15, 0.2) is 23.1 Å². The van der Waals surface area contributed by atoms with Crippen molar-refractivity contribution in [1.29, 1.82) is 0 Å². The summed E-state index contributed by atoms with van der Waals surface area (Å²) in [6, 6.07) is 5.52. The molecular weight excluding hydrogens is 442 g/mol. The van der Waals surface area contributed by atoms with Crippen LogP contribution >= 0.6 is 11.3 Å². The minimum Gasteiger partial charge on any atom is -0.393 e. The molecule has 6 nitrogen and oxygen atoms in total. The summed E-state index contributed by atoms with van der Waals surface area (Å²) in [4.78, 5) is 6.04. The number of thiazole rings is 1. The van der Waals surface area contributed by atoms with Crippen LogP contribution in [-0.4, -0.2) is 37.2 Å². The maximum Gasteiger partial charge on any atom is 0.241 e. The molecule has 0 unspecified atom stereocenters. The number of nitrogens with one attached hydrogen (secondary N) is 2. The van der Waals surface area contributed by atoms with Crippen LogP contribution in [0.2, 0.25) is 0 Å². The van der Waals surface area contributed by atoms with E-state index in [0.717, 1.165) is 39.3 Å². The molecule has 8 heteroatoms. The van der Waals surface area contributed by atoms with Gasteiger partial charge in [0, 0.05) is 12.6 Å². The fraction of sp³-hybridized carbons (Fsp3) is 0.625. The number of hydrogen-bond acceptors (Lipinski definition) is 6. The third-order valence-electron chi connectivity index (χ3n) is 6.82. The summed E-state index contributed by atoms with van der Waals surface area (Å²) in [5.41, 5.74) is 2.54. The Hall–Kier alpha value is -1.48. The van der Waals surface area contributed by atoms with Gasteiger partial charge < -0.3 is 10.4 Å². The van der Waals surface area contributed by atoms with E-state index in [4.69, 9.17) is 4.98 Å². The average molecular weight is 478 g/mol. The molecule has 2 aliphatic rings. The van der Waals surface area contributed by atoms with Gasteiger partial charge in [0.25, 0.3) is 0 Å². The quantitative estimate of drug-likeness (QED) is 0.522. The second kappa shape index (κ2) is 10.2. The van der Waals surface area contributed by atoms with Gasteiger partial charge in [-0.25, -0.2) is 18.1 Å². The highest BCUT2D eigenvalue weighted by molar-refractivity contribution is 7.89. The SMILES string of the molecule is Cc1ccc(-c2sc(NCC3CCCCC3)nc2C)cc1S(=O)(=O)N[C@H]1CC[C@@H](O)CC1. The monoisotopic (exact) mass is 477 g/mol. The summed E-state index contributed by atoms with van der Waals surface area (Å²) in [5.74, 6) is 0.722. The number of aliphatic hydroxyl groups excluding tert-OH is 1. The fourth-order valence-corrected chi connectivity index (χ4v) is 7.42. The zero-order valence-corrected chi connectivity index (χ0v) is 20.7. The molecule has 0 bridgehead atoms. The van der Waals surface area contributed by atoms with Crippen LogP contribution in [0.1, 0.15) is 69.0 Å². The molecule has 176 valence electrons. The molecule has 3 N–H and O–H groups in total. The van der Waals surface area contributed by atoms with Gasteiger partial charge in [-0.05, 0) is 75.5 Å². The summed E-state index contributed by atoms with van der Waals surface area (Å²) < 4.78 is 29.2. The summed E-state index contributed by atoms with van der Waals surface area (Å²) in [6.07, 6.45) is 8.89. The maximum absolute atomic E-state index is 13.2. The lowest BCUT2D eigenvalue weighted by Gasteiger charge is -2.26. The third kappa shape index (κ3) is 5.71. The second-order valence-electron chi connectivity index (χ2n) is 9.43. The molecule has 0 spiro atoms. The van der Waals surface area contributed by atoms with Crippen molar-refractivity contribution in [3.8, 4) is 10.4 Å². The normalized spacial score (nSPS) is 22.7. The van der Waals surface area contributed by atoms with Crippen LogP contribution < -0.4 is 10.0 Å². The van der Waals surface area contributed by atoms with Crippen molar-refractivity contribution in [2.75, 3.05) is 11.9 Å². The first-order chi connectivity index (χ1) is 15.3. The number of hydrogen-bond donors (Lipinski definition) is 3. The zero-order chi connectivity index (χ0) is 22.7. The van der Waals surface area contributed by atoms with Crippen LogP contribution in [0.4, 0.5) is 5.13 Å². The Labute approximate surface area is 195 Å². The lowest BCUT2D eigenvalue weighted by molar-refractivity contribution is 0.120. The van der Waals surface area contributed by atoms with Gasteiger partial charge in [0.15, 0.2) is 5.13 Å². The minimum absolute atomic E-state index is 0.118. The first-order valence-corrected chi connectivity index (χ1v) is 14.1. The van der Waals surface area contributed by atoms with E-state index in [-0.39, 0.29) is 12.1 Å². The highest BCUT2D eigenvalue weighted by atomic mass is 32.2. The summed E-state index contributed by atoms with van der Waals surface area (Å²) >= 11 is 1.60. The van der Waals surface area contributed by atoms with E-state index in [1.165, 1.54) is 32.1 Å². The number of anilines is 1. The van der Waals surface area contributed by atoms with E-state index in [0.29, 0.717) is 30.6 Å². The van der Waals surface area contributed by atoms with E-state index in [1.54, 1.807) is 17.4 Å². The van der Waals surface area contributed by atoms with E-state index < -0.39 is 10.0 Å². The predicted molar refractivity (Wildman–Crippen MR) is 131 cm³/mol. The largest absolute Gasteiger partial charge is 0.393 e. The number of aliphatic hydroxyl groups is 1. The van der Waals surface area contributed by atoms with Gasteiger partial charge in [-0.2, -0.15) is 0 Å². The van der Waals surface area contributed by atoms with Gasteiger partial charge in [0.2, 0.25) is 10.0 Å². The van der Waals surface area contributed by atoms with Crippen LogP contribution in [0.5, 0.6) is 0 Å². The zero-order valence-electron chi connectivity index (χ0n) is 19.1. The van der Waals surface area contributed by atoms with Gasteiger partial charge in [-0.1, -0.05) is 42.7 Å². The lowest BCUT2D eigenvalue weighted by Crippen LogP contribution is -2.38. The Bertz CT molecular complexity index is 1020. The Balaban J connectivity index is 1.50. The summed E-state index contributed by atoms with van der Waals surface area (Å²) in [6.45, 7) is 4.77. The Morgan fingerprint density at radius 3 is 2.50 bits per heavy atom. The van der Waals surface area contributed by atoms with Gasteiger partial charge in [0.1, 0.15) is 0 Å². The number of nitrogens with zero attached hydrogens (tertiary/aromatic N) is 1. The highest BCUT2D eigenvalue weighted by Crippen LogP contribution is 2.35. The Morgan fingerprint density at radius 2 is 1.78 bits per heavy atom. The van der Waals surface area contributed by atoms with Crippen molar-refractivity contribution >= 4 is 26.5 Å². The van der Waals surface area contributed by atoms with Crippen molar-refractivity contribution in [3.63, 3.8) is 0 Å². The Morgan fingerprint density at radius 1 is 1.06 bits per heavy atom. The summed E-state index contributed by atoms with van der Waals surface area (Å²) in [7, 11) is -3.63. The number of sulfonamides is 1. The van der Waals surface area contributed by atoms with E-state index in [1.807, 2.05) is 26.0 Å². The molecule has 1 aromatic heterocycles. The Kier molecular flexibility index (Phi) is 7.54. The molecule has 1 heterocycles. The molecule has 2 fully saturated rings. The van der Waals surface area contributed by atoms with Crippen molar-refractivity contribution in [3.05, 3.63) is 29.5 Å². The smallest absolute Gasteiger partial charge is 0.241 e. The van der Waals surface area contributed by atoms with Gasteiger partial charge in [-0.15, -0.1) is 0 Å². The summed E-state index contributed by atoms with van der Waals surface area (Å²) in [5, 5.41) is 14.1. The molecule has 0 amide bonds. The molecule has 0 saturated heterocycles. The lowest BCUT2D eigenvalue weighted by atomic mass is 9.89. The van der Waals surface area contributed by atoms with Crippen LogP contribution in [0.3, 0.4) is 0 Å². The molecule has 2 aromatic rings. The number of aromatic nitrogens is 1. The predicted octanol–water partition coefficient (Wildman–Crippen LogP) is 5.00. The molecule has 4 rings (SSSR count). The first-order valence-electron chi connectivity index (χ1n) is 11.8. The topological polar surface area (TPSA) is 91.3 Å². The molecule has 2 saturated carbocycles. The van der Waals surface area contributed by atoms with Crippen LogP contribution in [-0.2, 0) is 10.0 Å². The third-order valence-corrected chi connectivity index (χ3v) is 9.65. The maximum atomic E-state index is 13.2. The van der Waals surface area contributed by atoms with Gasteiger partial charge >= 0.3 is 0 Å². The van der Waals surface area contributed by atoms with Crippen LogP contribution in [0, 0.1) is 19.8 Å². The molecule has 2 aliphatic carbocycles. The van der Waals surface area contributed by atoms with Gasteiger partial charge in [-0.3, -0.25) is 0 Å². The van der Waals surface area contributed by atoms with Crippen molar-refractivity contribution < 1.29 is 13.5 Å². The highest BCUT2D eigenvalue weighted by Gasteiger charge is 2.26. The molecule has 0 aliphatic heterocycles. The second-order valence-corrected chi connectivity index (χ2v) is 12.1. The molecule has 1 aromatic carbocycles. The first kappa shape index (κ1) is 23.7. The molecular formula is C24H35N3O3S2.